The Hall–Kier alpha value is -1.01. The molecule has 0 aromatic carbocycles. The number of carbonyl (C=O) groups excluding carboxylic acids is 1. The number of hydrogen-bond donors (Lipinski definition) is 2. The lowest BCUT2D eigenvalue weighted by Crippen LogP contribution is -2.26. The fourth-order valence-corrected chi connectivity index (χ4v) is 3.37. The SMILES string of the molecule is O=C(O)CCCCCCNC(=O)CSCc1cccs1. The van der Waals surface area contributed by atoms with Crippen molar-refractivity contribution in [1.82, 2.24) is 5.32 Å². The highest BCUT2D eigenvalue weighted by Crippen LogP contribution is 2.16. The molecule has 0 fully saturated rings. The molecule has 0 saturated heterocycles. The topological polar surface area (TPSA) is 66.4 Å². The lowest BCUT2D eigenvalue weighted by molar-refractivity contribution is -0.137. The first-order chi connectivity index (χ1) is 9.68. The van der Waals surface area contributed by atoms with Crippen molar-refractivity contribution < 1.29 is 14.7 Å². The molecule has 0 aliphatic rings. The Morgan fingerprint density at radius 3 is 2.75 bits per heavy atom. The van der Waals surface area contributed by atoms with Gasteiger partial charge in [-0.2, -0.15) is 0 Å². The highest BCUT2D eigenvalue weighted by molar-refractivity contribution is 7.99. The van der Waals surface area contributed by atoms with Gasteiger partial charge in [0.25, 0.3) is 0 Å². The summed E-state index contributed by atoms with van der Waals surface area (Å²) in [5.74, 6) is 0.732. The van der Waals surface area contributed by atoms with Gasteiger partial charge in [0.1, 0.15) is 0 Å². The van der Waals surface area contributed by atoms with E-state index in [0.29, 0.717) is 12.3 Å². The first-order valence-corrected chi connectivity index (χ1v) is 8.80. The van der Waals surface area contributed by atoms with Crippen molar-refractivity contribution in [3.05, 3.63) is 22.4 Å². The van der Waals surface area contributed by atoms with Crippen LogP contribution in [-0.4, -0.2) is 29.3 Å². The van der Waals surface area contributed by atoms with E-state index in [0.717, 1.165) is 31.4 Å². The molecule has 1 rings (SSSR count). The Bertz CT molecular complexity index is 393. The van der Waals surface area contributed by atoms with Gasteiger partial charge in [0.15, 0.2) is 0 Å². The zero-order chi connectivity index (χ0) is 14.6. The fourth-order valence-electron chi connectivity index (χ4n) is 1.67. The van der Waals surface area contributed by atoms with Crippen LogP contribution in [0.3, 0.4) is 0 Å². The number of thioether (sulfide) groups is 1. The van der Waals surface area contributed by atoms with Crippen molar-refractivity contribution in [2.24, 2.45) is 0 Å². The van der Waals surface area contributed by atoms with E-state index in [1.165, 1.54) is 4.88 Å². The zero-order valence-corrected chi connectivity index (χ0v) is 13.1. The van der Waals surface area contributed by atoms with Gasteiger partial charge < -0.3 is 10.4 Å². The molecule has 112 valence electrons. The maximum atomic E-state index is 11.5. The number of amides is 1. The second kappa shape index (κ2) is 10.7. The molecule has 2 N–H and O–H groups in total. The highest BCUT2D eigenvalue weighted by Gasteiger charge is 2.02. The van der Waals surface area contributed by atoms with Crippen molar-refractivity contribution in [2.45, 2.75) is 37.9 Å². The second-order valence-electron chi connectivity index (χ2n) is 4.48. The van der Waals surface area contributed by atoms with Crippen LogP contribution in [0.25, 0.3) is 0 Å². The summed E-state index contributed by atoms with van der Waals surface area (Å²) in [4.78, 5) is 23.1. The number of nitrogens with one attached hydrogen (secondary N) is 1. The number of rotatable bonds is 11. The molecule has 0 aliphatic carbocycles. The molecule has 0 bridgehead atoms. The average molecular weight is 315 g/mol. The van der Waals surface area contributed by atoms with Gasteiger partial charge in [0.05, 0.1) is 5.75 Å². The number of carboxylic acids is 1. The van der Waals surface area contributed by atoms with E-state index in [4.69, 9.17) is 5.11 Å². The Morgan fingerprint density at radius 1 is 1.25 bits per heavy atom. The minimum atomic E-state index is -0.735. The van der Waals surface area contributed by atoms with Gasteiger partial charge in [-0.3, -0.25) is 9.59 Å². The Labute approximate surface area is 128 Å². The third-order valence-corrected chi connectivity index (χ3v) is 4.74. The average Bonchev–Trinajstić information content (AvgIpc) is 2.90. The van der Waals surface area contributed by atoms with E-state index < -0.39 is 5.97 Å². The van der Waals surface area contributed by atoms with Crippen LogP contribution in [0.2, 0.25) is 0 Å². The van der Waals surface area contributed by atoms with Gasteiger partial charge in [-0.1, -0.05) is 18.9 Å². The highest BCUT2D eigenvalue weighted by atomic mass is 32.2. The summed E-state index contributed by atoms with van der Waals surface area (Å²) >= 11 is 3.34. The molecule has 1 aromatic heterocycles. The molecule has 0 atom stereocenters. The van der Waals surface area contributed by atoms with Gasteiger partial charge in [-0.05, 0) is 24.3 Å². The number of thiophene rings is 1. The summed E-state index contributed by atoms with van der Waals surface area (Å²) in [6.45, 7) is 0.686. The molecule has 0 unspecified atom stereocenters. The second-order valence-corrected chi connectivity index (χ2v) is 6.50. The first-order valence-electron chi connectivity index (χ1n) is 6.77. The lowest BCUT2D eigenvalue weighted by Gasteiger charge is -2.04. The molecule has 20 heavy (non-hydrogen) atoms. The van der Waals surface area contributed by atoms with Gasteiger partial charge in [0, 0.05) is 23.6 Å². The van der Waals surface area contributed by atoms with Gasteiger partial charge >= 0.3 is 5.97 Å². The maximum Gasteiger partial charge on any atom is 0.303 e. The molecule has 0 saturated carbocycles. The summed E-state index contributed by atoms with van der Waals surface area (Å²) in [5.41, 5.74) is 0. The predicted octanol–water partition coefficient (Wildman–Crippen LogP) is 3.13. The number of aliphatic carboxylic acids is 1. The van der Waals surface area contributed by atoms with Crippen LogP contribution < -0.4 is 5.32 Å². The van der Waals surface area contributed by atoms with Gasteiger partial charge in [-0.15, -0.1) is 23.1 Å². The van der Waals surface area contributed by atoms with Crippen LogP contribution in [0.4, 0.5) is 0 Å². The molecular weight excluding hydrogens is 294 g/mol. The number of unbranched alkanes of at least 4 members (excludes halogenated alkanes) is 3. The number of carboxylic acid groups (broad SMARTS) is 1. The van der Waals surface area contributed by atoms with Crippen LogP contribution in [0.5, 0.6) is 0 Å². The van der Waals surface area contributed by atoms with Crippen LogP contribution in [0.1, 0.15) is 37.0 Å². The molecule has 0 spiro atoms. The fraction of sp³-hybridized carbons (Fsp3) is 0.571. The van der Waals surface area contributed by atoms with E-state index in [9.17, 15) is 9.59 Å². The molecule has 1 heterocycles. The molecule has 0 radical (unpaired) electrons. The molecule has 4 nitrogen and oxygen atoms in total. The van der Waals surface area contributed by atoms with Crippen molar-refractivity contribution in [3.8, 4) is 0 Å². The first kappa shape index (κ1) is 17.0. The normalized spacial score (nSPS) is 10.4. The van der Waals surface area contributed by atoms with E-state index in [1.54, 1.807) is 23.1 Å². The van der Waals surface area contributed by atoms with Gasteiger partial charge in [-0.25, -0.2) is 0 Å². The van der Waals surface area contributed by atoms with E-state index in [1.807, 2.05) is 11.4 Å². The molecule has 1 aromatic rings. The summed E-state index contributed by atoms with van der Waals surface area (Å²) < 4.78 is 0. The summed E-state index contributed by atoms with van der Waals surface area (Å²) in [6.07, 6.45) is 3.76. The number of carbonyl (C=O) groups is 2. The van der Waals surface area contributed by atoms with E-state index in [2.05, 4.69) is 11.4 Å². The van der Waals surface area contributed by atoms with Crippen molar-refractivity contribution >= 4 is 35.0 Å². The summed E-state index contributed by atoms with van der Waals surface area (Å²) in [5, 5.41) is 13.4. The summed E-state index contributed by atoms with van der Waals surface area (Å²) in [6, 6.07) is 4.09. The maximum absolute atomic E-state index is 11.5. The van der Waals surface area contributed by atoms with Crippen LogP contribution >= 0.6 is 23.1 Å². The van der Waals surface area contributed by atoms with Crippen LogP contribution in [-0.2, 0) is 15.3 Å². The van der Waals surface area contributed by atoms with Crippen molar-refractivity contribution in [3.63, 3.8) is 0 Å². The minimum Gasteiger partial charge on any atom is -0.481 e. The predicted molar refractivity (Wildman–Crippen MR) is 84.2 cm³/mol. The Kier molecular flexibility index (Phi) is 9.15. The molecule has 0 aliphatic heterocycles. The van der Waals surface area contributed by atoms with Crippen molar-refractivity contribution in [2.75, 3.05) is 12.3 Å². The Balaban J connectivity index is 1.88. The van der Waals surface area contributed by atoms with Gasteiger partial charge in [0.2, 0.25) is 5.91 Å². The molecule has 1 amide bonds. The smallest absolute Gasteiger partial charge is 0.303 e. The minimum absolute atomic E-state index is 0.0806. The third kappa shape index (κ3) is 8.98. The zero-order valence-electron chi connectivity index (χ0n) is 11.5. The monoisotopic (exact) mass is 315 g/mol. The van der Waals surface area contributed by atoms with Crippen LogP contribution in [0.15, 0.2) is 17.5 Å². The standard InChI is InChI=1S/C14H21NO3S2/c16-13(11-19-10-12-6-5-9-20-12)15-8-4-2-1-3-7-14(17)18/h5-6,9H,1-4,7-8,10-11H2,(H,15,16)(H,17,18). The van der Waals surface area contributed by atoms with Crippen LogP contribution in [0, 0.1) is 0 Å². The third-order valence-electron chi connectivity index (χ3n) is 2.70. The van der Waals surface area contributed by atoms with Crippen molar-refractivity contribution in [1.29, 1.82) is 0 Å². The largest absolute Gasteiger partial charge is 0.481 e. The quantitative estimate of drug-likeness (QED) is 0.616. The molecular formula is C14H21NO3S2. The number of hydrogen-bond acceptors (Lipinski definition) is 4. The lowest BCUT2D eigenvalue weighted by atomic mass is 10.1. The molecule has 6 heteroatoms. The van der Waals surface area contributed by atoms with E-state index in [-0.39, 0.29) is 12.3 Å². The summed E-state index contributed by atoms with van der Waals surface area (Å²) in [7, 11) is 0. The Morgan fingerprint density at radius 2 is 2.05 bits per heavy atom. The van der Waals surface area contributed by atoms with E-state index >= 15 is 0 Å².